The largest absolute Gasteiger partial charge is 0.489 e. The van der Waals surface area contributed by atoms with Crippen LogP contribution in [0.4, 0.5) is 0 Å². The topological polar surface area (TPSA) is 57.0 Å². The molecule has 128 valence electrons. The van der Waals surface area contributed by atoms with Crippen LogP contribution in [-0.4, -0.2) is 26.7 Å². The number of nitrogens with zero attached hydrogens (tertiary/aromatic N) is 3. The average Bonchev–Trinajstić information content (AvgIpc) is 3.11. The number of benzene rings is 1. The quantitative estimate of drug-likeness (QED) is 0.863. The Balaban J connectivity index is 1.83. The average molecular weight is 327 g/mol. The second-order valence-electron chi connectivity index (χ2n) is 7.76. The van der Waals surface area contributed by atoms with E-state index in [0.29, 0.717) is 6.42 Å². The SMILES string of the molecule is Cc1cc(C)c2c(c1)CC(CC(C(=O)C(C)(C)C)n1cncn1)O2. The number of aromatic nitrogens is 3. The zero-order valence-corrected chi connectivity index (χ0v) is 15.0. The third kappa shape index (κ3) is 3.21. The van der Waals surface area contributed by atoms with Crippen LogP contribution in [0, 0.1) is 19.3 Å². The molecule has 2 atom stereocenters. The number of carbonyl (C=O) groups excluding carboxylic acids is 1. The highest BCUT2D eigenvalue weighted by atomic mass is 16.5. The molecular formula is C19H25N3O2. The van der Waals surface area contributed by atoms with Crippen molar-refractivity contribution in [1.82, 2.24) is 14.8 Å². The predicted molar refractivity (Wildman–Crippen MR) is 92.2 cm³/mol. The van der Waals surface area contributed by atoms with Gasteiger partial charge in [0.1, 0.15) is 30.5 Å². The zero-order valence-electron chi connectivity index (χ0n) is 15.0. The summed E-state index contributed by atoms with van der Waals surface area (Å²) in [6.07, 6.45) is 4.51. The minimum Gasteiger partial charge on any atom is -0.489 e. The van der Waals surface area contributed by atoms with Crippen molar-refractivity contribution in [2.24, 2.45) is 5.41 Å². The third-order valence-corrected chi connectivity index (χ3v) is 4.51. The number of hydrogen-bond acceptors (Lipinski definition) is 4. The molecule has 5 heteroatoms. The molecule has 3 rings (SSSR count). The molecule has 5 nitrogen and oxygen atoms in total. The summed E-state index contributed by atoms with van der Waals surface area (Å²) in [4.78, 5) is 16.9. The van der Waals surface area contributed by atoms with Crippen molar-refractivity contribution in [1.29, 1.82) is 0 Å². The highest BCUT2D eigenvalue weighted by Gasteiger charge is 2.36. The van der Waals surface area contributed by atoms with Crippen LogP contribution in [0.5, 0.6) is 5.75 Å². The highest BCUT2D eigenvalue weighted by Crippen LogP contribution is 2.37. The van der Waals surface area contributed by atoms with Crippen molar-refractivity contribution in [3.05, 3.63) is 41.5 Å². The van der Waals surface area contributed by atoms with Gasteiger partial charge in [0, 0.05) is 18.3 Å². The third-order valence-electron chi connectivity index (χ3n) is 4.51. The first-order valence-corrected chi connectivity index (χ1v) is 8.41. The Bertz CT molecular complexity index is 745. The summed E-state index contributed by atoms with van der Waals surface area (Å²) < 4.78 is 7.84. The maximum absolute atomic E-state index is 12.9. The Labute approximate surface area is 143 Å². The van der Waals surface area contributed by atoms with Crippen LogP contribution in [0.25, 0.3) is 0 Å². The summed E-state index contributed by atoms with van der Waals surface area (Å²) in [5.74, 6) is 1.13. The maximum atomic E-state index is 12.9. The summed E-state index contributed by atoms with van der Waals surface area (Å²) in [6.45, 7) is 10.00. The molecular weight excluding hydrogens is 302 g/mol. The molecule has 0 fully saturated rings. The number of aryl methyl sites for hydroxylation is 2. The van der Waals surface area contributed by atoms with Crippen LogP contribution in [0.2, 0.25) is 0 Å². The molecule has 0 N–H and O–H groups in total. The van der Waals surface area contributed by atoms with Crippen molar-refractivity contribution in [3.63, 3.8) is 0 Å². The molecule has 1 aromatic carbocycles. The summed E-state index contributed by atoms with van der Waals surface area (Å²) in [5.41, 5.74) is 3.20. The summed E-state index contributed by atoms with van der Waals surface area (Å²) >= 11 is 0. The fraction of sp³-hybridized carbons (Fsp3) is 0.526. The van der Waals surface area contributed by atoms with Crippen LogP contribution in [0.3, 0.4) is 0 Å². The minimum atomic E-state index is -0.436. The number of fused-ring (bicyclic) bond motifs is 1. The van der Waals surface area contributed by atoms with Gasteiger partial charge in [0.05, 0.1) is 0 Å². The van der Waals surface area contributed by atoms with E-state index in [1.54, 1.807) is 11.0 Å². The molecule has 1 aliphatic rings. The Hall–Kier alpha value is -2.17. The number of carbonyl (C=O) groups is 1. The van der Waals surface area contributed by atoms with Crippen LogP contribution < -0.4 is 4.74 Å². The lowest BCUT2D eigenvalue weighted by atomic mass is 9.84. The van der Waals surface area contributed by atoms with E-state index >= 15 is 0 Å². The molecule has 1 aliphatic heterocycles. The van der Waals surface area contributed by atoms with E-state index in [1.807, 2.05) is 20.8 Å². The zero-order chi connectivity index (χ0) is 17.5. The number of hydrogen-bond donors (Lipinski definition) is 0. The van der Waals surface area contributed by atoms with Crippen molar-refractivity contribution >= 4 is 5.78 Å². The van der Waals surface area contributed by atoms with E-state index in [0.717, 1.165) is 17.7 Å². The standard InChI is InChI=1S/C19H25N3O2/c1-12-6-13(2)17-14(7-12)8-15(24-17)9-16(18(23)19(3,4)5)22-11-20-10-21-22/h6-7,10-11,15-16H,8-9H2,1-5H3. The number of Topliss-reactive ketones (excluding diaryl/α,β-unsaturated/α-hetero) is 1. The summed E-state index contributed by atoms with van der Waals surface area (Å²) in [7, 11) is 0. The Morgan fingerprint density at radius 1 is 1.38 bits per heavy atom. The molecule has 0 saturated carbocycles. The lowest BCUT2D eigenvalue weighted by Crippen LogP contribution is -2.34. The van der Waals surface area contributed by atoms with Crippen LogP contribution in [0.15, 0.2) is 24.8 Å². The Kier molecular flexibility index (Phi) is 4.20. The van der Waals surface area contributed by atoms with Crippen molar-refractivity contribution < 1.29 is 9.53 Å². The van der Waals surface area contributed by atoms with Gasteiger partial charge in [-0.3, -0.25) is 4.79 Å². The monoisotopic (exact) mass is 327 g/mol. The lowest BCUT2D eigenvalue weighted by Gasteiger charge is -2.26. The Morgan fingerprint density at radius 2 is 2.12 bits per heavy atom. The van der Waals surface area contributed by atoms with Crippen LogP contribution in [0.1, 0.15) is 49.9 Å². The molecule has 0 saturated heterocycles. The first-order chi connectivity index (χ1) is 11.3. The second-order valence-corrected chi connectivity index (χ2v) is 7.76. The van der Waals surface area contributed by atoms with Crippen LogP contribution >= 0.6 is 0 Å². The van der Waals surface area contributed by atoms with Gasteiger partial charge in [0.2, 0.25) is 0 Å². The van der Waals surface area contributed by atoms with Gasteiger partial charge in [-0.05, 0) is 25.0 Å². The molecule has 2 heterocycles. The number of ether oxygens (including phenoxy) is 1. The Morgan fingerprint density at radius 3 is 2.75 bits per heavy atom. The van der Waals surface area contributed by atoms with Gasteiger partial charge < -0.3 is 4.74 Å². The molecule has 2 aromatic rings. The second kappa shape index (κ2) is 6.04. The summed E-state index contributed by atoms with van der Waals surface area (Å²) in [6, 6.07) is 3.96. The van der Waals surface area contributed by atoms with Gasteiger partial charge >= 0.3 is 0 Å². The number of rotatable bonds is 4. The molecule has 0 aliphatic carbocycles. The van der Waals surface area contributed by atoms with Crippen molar-refractivity contribution in [3.8, 4) is 5.75 Å². The van der Waals surface area contributed by atoms with E-state index in [-0.39, 0.29) is 17.9 Å². The molecule has 2 unspecified atom stereocenters. The highest BCUT2D eigenvalue weighted by molar-refractivity contribution is 5.87. The molecule has 0 amide bonds. The minimum absolute atomic E-state index is 0.0130. The van der Waals surface area contributed by atoms with E-state index in [2.05, 4.69) is 36.1 Å². The van der Waals surface area contributed by atoms with Crippen LogP contribution in [-0.2, 0) is 11.2 Å². The van der Waals surface area contributed by atoms with Gasteiger partial charge in [0.15, 0.2) is 5.78 Å². The van der Waals surface area contributed by atoms with Gasteiger partial charge in [0.25, 0.3) is 0 Å². The van der Waals surface area contributed by atoms with Crippen molar-refractivity contribution in [2.75, 3.05) is 0 Å². The molecule has 24 heavy (non-hydrogen) atoms. The smallest absolute Gasteiger partial charge is 0.162 e. The van der Waals surface area contributed by atoms with E-state index in [1.165, 1.54) is 17.5 Å². The maximum Gasteiger partial charge on any atom is 0.162 e. The summed E-state index contributed by atoms with van der Waals surface area (Å²) in [5, 5.41) is 4.20. The van der Waals surface area contributed by atoms with Gasteiger partial charge in [-0.15, -0.1) is 0 Å². The first-order valence-electron chi connectivity index (χ1n) is 8.41. The molecule has 1 aromatic heterocycles. The molecule has 0 bridgehead atoms. The fourth-order valence-corrected chi connectivity index (χ4v) is 3.41. The number of ketones is 1. The van der Waals surface area contributed by atoms with E-state index in [4.69, 9.17) is 4.74 Å². The van der Waals surface area contributed by atoms with Gasteiger partial charge in [-0.25, -0.2) is 9.67 Å². The van der Waals surface area contributed by atoms with Gasteiger partial charge in [-0.2, -0.15) is 5.10 Å². The van der Waals surface area contributed by atoms with Crippen molar-refractivity contribution in [2.45, 2.75) is 59.6 Å². The van der Waals surface area contributed by atoms with E-state index < -0.39 is 5.41 Å². The lowest BCUT2D eigenvalue weighted by molar-refractivity contribution is -0.130. The molecule has 0 spiro atoms. The normalized spacial score (nSPS) is 18.1. The first kappa shape index (κ1) is 16.7. The van der Waals surface area contributed by atoms with Gasteiger partial charge in [-0.1, -0.05) is 38.5 Å². The van der Waals surface area contributed by atoms with E-state index in [9.17, 15) is 4.79 Å². The predicted octanol–water partition coefficient (Wildman–Crippen LogP) is 3.45. The molecule has 0 radical (unpaired) electrons. The fourth-order valence-electron chi connectivity index (χ4n) is 3.41.